The van der Waals surface area contributed by atoms with Crippen molar-refractivity contribution in [2.75, 3.05) is 41.3 Å². The maximum atomic E-state index is 11.0. The maximum Gasteiger partial charge on any atom is 0.231 e. The molecule has 6 rings (SSSR count). The molecule has 3 aliphatic heterocycles. The zero-order valence-electron chi connectivity index (χ0n) is 23.3. The third-order valence-electron chi connectivity index (χ3n) is 8.28. The predicted molar refractivity (Wildman–Crippen MR) is 140 cm³/mol. The molecule has 9 atom stereocenters. The topological polar surface area (TPSA) is 144 Å². The van der Waals surface area contributed by atoms with Crippen LogP contribution >= 0.6 is 0 Å². The van der Waals surface area contributed by atoms with Crippen molar-refractivity contribution in [2.24, 2.45) is 5.92 Å². The summed E-state index contributed by atoms with van der Waals surface area (Å²) in [7, 11) is 4.59. The van der Waals surface area contributed by atoms with E-state index in [-0.39, 0.29) is 42.5 Å². The average Bonchev–Trinajstić information content (AvgIpc) is 3.44. The number of phenolic OH excluding ortho intramolecular Hbond substituents is 1. The van der Waals surface area contributed by atoms with Crippen LogP contribution in [0.1, 0.15) is 42.1 Å². The first-order valence-electron chi connectivity index (χ1n) is 13.6. The molecular formula is C29H36O12. The summed E-state index contributed by atoms with van der Waals surface area (Å²) in [6, 6.07) is 7.39. The summed E-state index contributed by atoms with van der Waals surface area (Å²) in [5, 5.41) is 32.5. The van der Waals surface area contributed by atoms with Gasteiger partial charge in [0, 0.05) is 18.9 Å². The van der Waals surface area contributed by atoms with Gasteiger partial charge < -0.3 is 58.0 Å². The number of aliphatic hydroxyl groups is 2. The number of rotatable bonds is 7. The highest BCUT2D eigenvalue weighted by molar-refractivity contribution is 5.58. The third-order valence-corrected chi connectivity index (χ3v) is 8.28. The van der Waals surface area contributed by atoms with Gasteiger partial charge in [-0.2, -0.15) is 0 Å². The molecule has 2 aromatic rings. The molecule has 12 heteroatoms. The van der Waals surface area contributed by atoms with Crippen LogP contribution < -0.4 is 18.9 Å². The van der Waals surface area contributed by atoms with Crippen LogP contribution in [0.2, 0.25) is 0 Å². The lowest BCUT2D eigenvalue weighted by Gasteiger charge is -2.47. The minimum Gasteiger partial charge on any atom is -0.502 e. The molecule has 0 aromatic heterocycles. The van der Waals surface area contributed by atoms with Crippen LogP contribution in [-0.2, 0) is 23.7 Å². The van der Waals surface area contributed by atoms with Gasteiger partial charge in [-0.3, -0.25) is 0 Å². The molecular weight excluding hydrogens is 540 g/mol. The largest absolute Gasteiger partial charge is 0.502 e. The minimum absolute atomic E-state index is 0.0829. The van der Waals surface area contributed by atoms with Gasteiger partial charge in [-0.25, -0.2) is 0 Å². The molecule has 0 amide bonds. The average molecular weight is 577 g/mol. The number of benzene rings is 2. The van der Waals surface area contributed by atoms with Gasteiger partial charge in [0.1, 0.15) is 24.4 Å². The first kappa shape index (κ1) is 28.3. The molecule has 0 radical (unpaired) electrons. The Hall–Kier alpha value is -2.84. The summed E-state index contributed by atoms with van der Waals surface area (Å²) >= 11 is 0. The number of phenols is 1. The van der Waals surface area contributed by atoms with E-state index in [2.05, 4.69) is 0 Å². The summed E-state index contributed by atoms with van der Waals surface area (Å²) in [6.45, 7) is 2.35. The van der Waals surface area contributed by atoms with Crippen molar-refractivity contribution in [1.29, 1.82) is 0 Å². The summed E-state index contributed by atoms with van der Waals surface area (Å²) in [6.07, 6.45) is -5.62. The quantitative estimate of drug-likeness (QED) is 0.445. The first-order chi connectivity index (χ1) is 19.8. The number of aliphatic hydroxyl groups excluding tert-OH is 2. The van der Waals surface area contributed by atoms with Crippen LogP contribution in [0.5, 0.6) is 28.7 Å². The van der Waals surface area contributed by atoms with E-state index in [0.29, 0.717) is 24.5 Å². The molecule has 2 fully saturated rings. The molecule has 3 heterocycles. The number of hydrogen-bond acceptors (Lipinski definition) is 12. The zero-order chi connectivity index (χ0) is 28.8. The van der Waals surface area contributed by atoms with Crippen molar-refractivity contribution in [2.45, 2.75) is 62.4 Å². The molecule has 3 N–H and O–H groups in total. The van der Waals surface area contributed by atoms with Gasteiger partial charge >= 0.3 is 0 Å². The van der Waals surface area contributed by atoms with Crippen LogP contribution in [0.3, 0.4) is 0 Å². The fraction of sp³-hybridized carbons (Fsp3) is 0.586. The number of ether oxygens (including phenoxy) is 9. The highest BCUT2D eigenvalue weighted by Gasteiger charge is 2.50. The molecule has 4 aliphatic rings. The Labute approximate surface area is 237 Å². The standard InChI is InChI=1S/C29H36O12/c1-13-36-11-23-28(39-13)25(31)26(32)29(40-23)41-27-15(10-33-2)5-16(14-6-21(34-3)24(30)22(7-14)35-4)17-8-19-20(9-18(17)27)38-12-37-19/h6-9,13,15-16,23,25-32H,5,10-12H2,1-4H3. The van der Waals surface area contributed by atoms with E-state index >= 15 is 0 Å². The second kappa shape index (κ2) is 11.4. The van der Waals surface area contributed by atoms with E-state index < -0.39 is 43.1 Å². The van der Waals surface area contributed by atoms with Gasteiger partial charge in [0.2, 0.25) is 12.5 Å². The van der Waals surface area contributed by atoms with Crippen LogP contribution in [0, 0.1) is 5.92 Å². The first-order valence-corrected chi connectivity index (χ1v) is 13.6. The monoisotopic (exact) mass is 576 g/mol. The van der Waals surface area contributed by atoms with Gasteiger partial charge in [0.05, 0.1) is 33.5 Å². The molecule has 0 spiro atoms. The lowest BCUT2D eigenvalue weighted by molar-refractivity contribution is -0.364. The summed E-state index contributed by atoms with van der Waals surface area (Å²) in [4.78, 5) is 0. The van der Waals surface area contributed by atoms with Gasteiger partial charge in [-0.15, -0.1) is 0 Å². The maximum absolute atomic E-state index is 11.0. The molecule has 9 unspecified atom stereocenters. The second-order valence-corrected chi connectivity index (χ2v) is 10.7. The summed E-state index contributed by atoms with van der Waals surface area (Å²) in [5.74, 6) is 1.29. The number of fused-ring (bicyclic) bond motifs is 3. The fourth-order valence-corrected chi connectivity index (χ4v) is 6.27. The van der Waals surface area contributed by atoms with E-state index in [9.17, 15) is 15.3 Å². The Bertz CT molecular complexity index is 1230. The van der Waals surface area contributed by atoms with Crippen molar-refractivity contribution >= 4 is 0 Å². The fourth-order valence-electron chi connectivity index (χ4n) is 6.27. The predicted octanol–water partition coefficient (Wildman–Crippen LogP) is 2.20. The molecule has 0 bridgehead atoms. The molecule has 2 saturated heterocycles. The van der Waals surface area contributed by atoms with Gasteiger partial charge in [0.25, 0.3) is 0 Å². The second-order valence-electron chi connectivity index (χ2n) is 10.7. The van der Waals surface area contributed by atoms with E-state index in [1.807, 2.05) is 12.1 Å². The lowest BCUT2D eigenvalue weighted by atomic mass is 9.72. The summed E-state index contributed by atoms with van der Waals surface area (Å²) in [5.41, 5.74) is 2.56. The van der Waals surface area contributed by atoms with Crippen LogP contribution in [0.4, 0.5) is 0 Å². The van der Waals surface area contributed by atoms with Crippen molar-refractivity contribution in [1.82, 2.24) is 0 Å². The van der Waals surface area contributed by atoms with Gasteiger partial charge in [-0.05, 0) is 54.3 Å². The van der Waals surface area contributed by atoms with Gasteiger partial charge in [0.15, 0.2) is 35.6 Å². The molecule has 41 heavy (non-hydrogen) atoms. The Morgan fingerprint density at radius 1 is 0.902 bits per heavy atom. The van der Waals surface area contributed by atoms with E-state index in [0.717, 1.165) is 16.7 Å². The van der Waals surface area contributed by atoms with Crippen LogP contribution in [0.25, 0.3) is 0 Å². The minimum atomic E-state index is -1.36. The normalized spacial score (nSPS) is 34.0. The van der Waals surface area contributed by atoms with E-state index in [1.165, 1.54) is 14.2 Å². The molecule has 224 valence electrons. The molecule has 2 aromatic carbocycles. The van der Waals surface area contributed by atoms with Crippen molar-refractivity contribution in [3.8, 4) is 28.7 Å². The Morgan fingerprint density at radius 3 is 2.24 bits per heavy atom. The van der Waals surface area contributed by atoms with Crippen molar-refractivity contribution in [3.63, 3.8) is 0 Å². The number of hydrogen-bond donors (Lipinski definition) is 3. The van der Waals surface area contributed by atoms with Crippen molar-refractivity contribution in [3.05, 3.63) is 41.0 Å². The summed E-state index contributed by atoms with van der Waals surface area (Å²) < 4.78 is 51.8. The van der Waals surface area contributed by atoms with Gasteiger partial charge in [-0.1, -0.05) is 0 Å². The Kier molecular flexibility index (Phi) is 7.90. The van der Waals surface area contributed by atoms with Crippen LogP contribution in [-0.4, -0.2) is 93.7 Å². The van der Waals surface area contributed by atoms with Crippen LogP contribution in [0.15, 0.2) is 24.3 Å². The molecule has 1 aliphatic carbocycles. The SMILES string of the molecule is COCC1CC(c2cc(OC)c(O)c(OC)c2)c2cc3c(cc2C1OC1OC2COC(C)OC2C(O)C1O)OCO3. The third kappa shape index (κ3) is 5.07. The zero-order valence-corrected chi connectivity index (χ0v) is 23.3. The smallest absolute Gasteiger partial charge is 0.231 e. The van der Waals surface area contributed by atoms with E-state index in [1.54, 1.807) is 26.2 Å². The molecule has 12 nitrogen and oxygen atoms in total. The van der Waals surface area contributed by atoms with E-state index in [4.69, 9.17) is 42.6 Å². The lowest BCUT2D eigenvalue weighted by Crippen LogP contribution is -2.63. The Morgan fingerprint density at radius 2 is 1.59 bits per heavy atom. The van der Waals surface area contributed by atoms with Crippen molar-refractivity contribution < 1.29 is 58.0 Å². The molecule has 0 saturated carbocycles. The highest BCUT2D eigenvalue weighted by atomic mass is 16.8. The Balaban J connectivity index is 1.39. The number of aromatic hydroxyl groups is 1. The number of methoxy groups -OCH3 is 3. The highest BCUT2D eigenvalue weighted by Crippen LogP contribution is 2.52.